The van der Waals surface area contributed by atoms with Crippen LogP contribution in [0.5, 0.6) is 0 Å². The summed E-state index contributed by atoms with van der Waals surface area (Å²) in [4.78, 5) is 23.0. The Morgan fingerprint density at radius 2 is 1.97 bits per heavy atom. The maximum atomic E-state index is 13.8. The van der Waals surface area contributed by atoms with Crippen molar-refractivity contribution in [2.45, 2.75) is 37.6 Å². The number of carbonyl (C=O) groups is 1. The predicted molar refractivity (Wildman–Crippen MR) is 99.4 cm³/mol. The van der Waals surface area contributed by atoms with Crippen molar-refractivity contribution in [2.24, 2.45) is 0 Å². The fourth-order valence-electron chi connectivity index (χ4n) is 4.30. The third-order valence-corrected chi connectivity index (χ3v) is 6.00. The zero-order valence-corrected chi connectivity index (χ0v) is 16.4. The normalized spacial score (nSPS) is 20.1. The van der Waals surface area contributed by atoms with Crippen molar-refractivity contribution in [1.82, 2.24) is 29.6 Å². The average molecular weight is 453 g/mol. The van der Waals surface area contributed by atoms with Crippen LogP contribution in [-0.2, 0) is 12.7 Å². The standard InChI is InChI=1S/C19H13ClF4N6O/c20-15-10(2-3-11(21)14(15)19(22,23)24)18(31)30-9-1-4-13(30)17-28-27-16(29(17)8-9)12-7-25-5-6-26-12/h2-3,5-7,9,13H,1,4,8H2/t9-,13-/m1/s1. The van der Waals surface area contributed by atoms with Crippen molar-refractivity contribution >= 4 is 17.5 Å². The molecule has 4 heterocycles. The number of nitrogens with zero attached hydrogens (tertiary/aromatic N) is 6. The Balaban J connectivity index is 1.53. The molecule has 0 N–H and O–H groups in total. The minimum absolute atomic E-state index is 0.299. The van der Waals surface area contributed by atoms with Gasteiger partial charge in [0, 0.05) is 18.9 Å². The number of fused-ring (bicyclic) bond motifs is 4. The first-order chi connectivity index (χ1) is 14.8. The maximum Gasteiger partial charge on any atom is 0.420 e. The largest absolute Gasteiger partial charge is 0.420 e. The summed E-state index contributed by atoms with van der Waals surface area (Å²) >= 11 is 5.86. The van der Waals surface area contributed by atoms with Crippen LogP contribution in [0.2, 0.25) is 5.02 Å². The Kier molecular flexibility index (Phi) is 4.47. The molecule has 160 valence electrons. The number of benzene rings is 1. The first-order valence-corrected chi connectivity index (χ1v) is 9.72. The Morgan fingerprint density at radius 3 is 2.68 bits per heavy atom. The van der Waals surface area contributed by atoms with Crippen molar-refractivity contribution < 1.29 is 22.4 Å². The van der Waals surface area contributed by atoms with Crippen molar-refractivity contribution in [3.63, 3.8) is 0 Å². The quantitative estimate of drug-likeness (QED) is 0.551. The smallest absolute Gasteiger partial charge is 0.324 e. The summed E-state index contributed by atoms with van der Waals surface area (Å²) in [6, 6.07) is 0.813. The van der Waals surface area contributed by atoms with Gasteiger partial charge in [-0.3, -0.25) is 9.78 Å². The van der Waals surface area contributed by atoms with Crippen molar-refractivity contribution in [2.75, 3.05) is 0 Å². The molecule has 1 aromatic carbocycles. The van der Waals surface area contributed by atoms with Crippen LogP contribution in [0.15, 0.2) is 30.7 Å². The van der Waals surface area contributed by atoms with Gasteiger partial charge in [0.05, 0.1) is 28.9 Å². The van der Waals surface area contributed by atoms with Crippen LogP contribution in [0.1, 0.15) is 40.6 Å². The van der Waals surface area contributed by atoms with E-state index in [4.69, 9.17) is 11.6 Å². The number of alkyl halides is 3. The lowest BCUT2D eigenvalue weighted by molar-refractivity contribution is -0.139. The van der Waals surface area contributed by atoms with Gasteiger partial charge in [0.15, 0.2) is 11.6 Å². The van der Waals surface area contributed by atoms with Gasteiger partial charge in [-0.1, -0.05) is 11.6 Å². The maximum absolute atomic E-state index is 13.8. The van der Waals surface area contributed by atoms with E-state index in [-0.39, 0.29) is 6.04 Å². The summed E-state index contributed by atoms with van der Waals surface area (Å²) in [7, 11) is 0. The van der Waals surface area contributed by atoms with E-state index in [0.717, 1.165) is 6.07 Å². The molecule has 2 aliphatic rings. The number of aromatic nitrogens is 5. The fraction of sp³-hybridized carbons (Fsp3) is 0.316. The number of amides is 1. The van der Waals surface area contributed by atoms with Crippen LogP contribution in [0.4, 0.5) is 17.6 Å². The second-order valence-corrected chi connectivity index (χ2v) is 7.70. The molecular weight excluding hydrogens is 440 g/mol. The average Bonchev–Trinajstić information content (AvgIpc) is 3.28. The van der Waals surface area contributed by atoms with Crippen LogP contribution in [0.3, 0.4) is 0 Å². The van der Waals surface area contributed by atoms with Gasteiger partial charge < -0.3 is 9.47 Å². The zero-order valence-electron chi connectivity index (χ0n) is 15.6. The molecule has 1 saturated heterocycles. The summed E-state index contributed by atoms with van der Waals surface area (Å²) in [5.74, 6) is -1.20. The van der Waals surface area contributed by atoms with Gasteiger partial charge in [-0.05, 0) is 25.0 Å². The topological polar surface area (TPSA) is 76.8 Å². The minimum atomic E-state index is -5.02. The Labute approximate surface area is 177 Å². The number of hydrogen-bond acceptors (Lipinski definition) is 5. The fourth-order valence-corrected chi connectivity index (χ4v) is 4.64. The van der Waals surface area contributed by atoms with Crippen LogP contribution in [0, 0.1) is 5.82 Å². The van der Waals surface area contributed by atoms with E-state index < -0.39 is 40.1 Å². The van der Waals surface area contributed by atoms with E-state index in [1.54, 1.807) is 6.20 Å². The molecule has 2 atom stereocenters. The van der Waals surface area contributed by atoms with Crippen molar-refractivity contribution in [1.29, 1.82) is 0 Å². The van der Waals surface area contributed by atoms with E-state index >= 15 is 0 Å². The van der Waals surface area contributed by atoms with Crippen LogP contribution in [0.25, 0.3) is 11.5 Å². The molecule has 0 spiro atoms. The minimum Gasteiger partial charge on any atom is -0.324 e. The van der Waals surface area contributed by atoms with E-state index in [1.807, 2.05) is 4.57 Å². The van der Waals surface area contributed by atoms with Crippen molar-refractivity contribution in [3.05, 3.63) is 58.5 Å². The van der Waals surface area contributed by atoms with Crippen molar-refractivity contribution in [3.8, 4) is 11.5 Å². The summed E-state index contributed by atoms with van der Waals surface area (Å²) < 4.78 is 55.4. The lowest BCUT2D eigenvalue weighted by Crippen LogP contribution is -2.44. The zero-order chi connectivity index (χ0) is 21.9. The van der Waals surface area contributed by atoms with Gasteiger partial charge in [0.2, 0.25) is 0 Å². The summed E-state index contributed by atoms with van der Waals surface area (Å²) in [5.41, 5.74) is -1.51. The van der Waals surface area contributed by atoms with Gasteiger partial charge >= 0.3 is 6.18 Å². The Hall–Kier alpha value is -3.08. The lowest BCUT2D eigenvalue weighted by Gasteiger charge is -2.35. The van der Waals surface area contributed by atoms with Gasteiger partial charge in [-0.25, -0.2) is 9.37 Å². The van der Waals surface area contributed by atoms with Crippen LogP contribution >= 0.6 is 11.6 Å². The second kappa shape index (κ2) is 6.98. The number of halogens is 5. The molecule has 7 nitrogen and oxygen atoms in total. The molecule has 5 rings (SSSR count). The molecule has 2 bridgehead atoms. The molecule has 2 aromatic heterocycles. The van der Waals surface area contributed by atoms with E-state index in [9.17, 15) is 22.4 Å². The molecular formula is C19H13ClF4N6O. The molecule has 2 aliphatic heterocycles. The summed E-state index contributed by atoms with van der Waals surface area (Å²) in [6.45, 7) is 0.349. The third kappa shape index (κ3) is 3.06. The summed E-state index contributed by atoms with van der Waals surface area (Å²) in [5, 5.41) is 7.45. The van der Waals surface area contributed by atoms with Crippen LogP contribution in [-0.4, -0.2) is 41.6 Å². The van der Waals surface area contributed by atoms with Gasteiger partial charge in [-0.15, -0.1) is 10.2 Å². The van der Waals surface area contributed by atoms with Gasteiger partial charge in [0.1, 0.15) is 17.1 Å². The van der Waals surface area contributed by atoms with E-state index in [1.165, 1.54) is 17.3 Å². The first kappa shape index (κ1) is 19.9. The first-order valence-electron chi connectivity index (χ1n) is 9.34. The molecule has 12 heteroatoms. The molecule has 3 aromatic rings. The third-order valence-electron chi connectivity index (χ3n) is 5.61. The molecule has 0 saturated carbocycles. The van der Waals surface area contributed by atoms with Crippen LogP contribution < -0.4 is 0 Å². The molecule has 0 aliphatic carbocycles. The molecule has 31 heavy (non-hydrogen) atoms. The Morgan fingerprint density at radius 1 is 1.16 bits per heavy atom. The lowest BCUT2D eigenvalue weighted by atomic mass is 10.1. The SMILES string of the molecule is O=C(c1ccc(F)c(C(F)(F)F)c1Cl)N1[C@@H]2CC[C@@H]1c1nnc(-c3cnccn3)n1C2. The van der Waals surface area contributed by atoms with Gasteiger partial charge in [-0.2, -0.15) is 13.2 Å². The molecule has 0 radical (unpaired) electrons. The highest BCUT2D eigenvalue weighted by Crippen LogP contribution is 2.44. The van der Waals surface area contributed by atoms with E-state index in [2.05, 4.69) is 20.2 Å². The number of rotatable bonds is 2. The highest BCUT2D eigenvalue weighted by atomic mass is 35.5. The molecule has 0 unspecified atom stereocenters. The monoisotopic (exact) mass is 452 g/mol. The summed E-state index contributed by atoms with van der Waals surface area (Å²) in [6.07, 6.45) is 0.782. The van der Waals surface area contributed by atoms with E-state index in [0.29, 0.717) is 42.8 Å². The molecule has 1 amide bonds. The predicted octanol–water partition coefficient (Wildman–Crippen LogP) is 3.91. The number of carbonyl (C=O) groups excluding carboxylic acids is 1. The second-order valence-electron chi connectivity index (χ2n) is 7.32. The number of hydrogen-bond donors (Lipinski definition) is 0. The molecule has 1 fully saturated rings. The highest BCUT2D eigenvalue weighted by molar-refractivity contribution is 6.34. The Bertz CT molecular complexity index is 1180. The highest BCUT2D eigenvalue weighted by Gasteiger charge is 2.47. The van der Waals surface area contributed by atoms with Gasteiger partial charge in [0.25, 0.3) is 5.91 Å².